The Balaban J connectivity index is 1.40. The number of aliphatic imine (C=N–C) groups is 1. The second-order valence-corrected chi connectivity index (χ2v) is 10.4. The molecule has 0 saturated carbocycles. The molecule has 3 unspecified atom stereocenters. The maximum atomic E-state index is 12.6. The molecule has 1 aromatic carbocycles. The number of methoxy groups -OCH3 is 1. The highest BCUT2D eigenvalue weighted by Gasteiger charge is 2.46. The number of nitrogens with zero attached hydrogens (tertiary/aromatic N) is 4. The zero-order chi connectivity index (χ0) is 23.2. The number of fused-ring (bicyclic) bond motifs is 2. The van der Waals surface area contributed by atoms with Crippen LogP contribution in [0.25, 0.3) is 11.1 Å². The summed E-state index contributed by atoms with van der Waals surface area (Å²) in [4.78, 5) is 19.8. The number of amidine groups is 1. The molecule has 5 rings (SSSR count). The molecular formula is C23H29N5O4S. The van der Waals surface area contributed by atoms with Crippen LogP contribution in [-0.4, -0.2) is 75.8 Å². The molecule has 4 heterocycles. The van der Waals surface area contributed by atoms with Gasteiger partial charge in [0.05, 0.1) is 43.7 Å². The molecular weight excluding hydrogens is 442 g/mol. The molecule has 10 heteroatoms. The fraction of sp³-hybridized carbons (Fsp3) is 0.522. The summed E-state index contributed by atoms with van der Waals surface area (Å²) in [5.74, 6) is 0.862. The number of thioether (sulfide) groups is 1. The minimum Gasteiger partial charge on any atom is -0.490 e. The number of rotatable bonds is 5. The largest absolute Gasteiger partial charge is 0.490 e. The van der Waals surface area contributed by atoms with Gasteiger partial charge in [-0.15, -0.1) is 0 Å². The van der Waals surface area contributed by atoms with Gasteiger partial charge in [-0.25, -0.2) is 0 Å². The lowest BCUT2D eigenvalue weighted by Gasteiger charge is -2.36. The van der Waals surface area contributed by atoms with Gasteiger partial charge in [-0.3, -0.25) is 14.5 Å². The monoisotopic (exact) mass is 471 g/mol. The number of carbonyl (C=O) groups excluding carboxylic acids is 1. The van der Waals surface area contributed by atoms with Gasteiger partial charge >= 0.3 is 0 Å². The number of anilines is 1. The molecule has 1 saturated heterocycles. The average molecular weight is 472 g/mol. The Kier molecular flexibility index (Phi) is 5.84. The number of ether oxygens (including phenoxy) is 2. The number of amides is 1. The normalized spacial score (nSPS) is 24.4. The van der Waals surface area contributed by atoms with Crippen molar-refractivity contribution in [1.82, 2.24) is 15.1 Å². The predicted octanol–water partition coefficient (Wildman–Crippen LogP) is 1.89. The molecule has 1 aromatic heterocycles. The van der Waals surface area contributed by atoms with Crippen molar-refractivity contribution in [2.75, 3.05) is 31.8 Å². The fourth-order valence-electron chi connectivity index (χ4n) is 4.59. The van der Waals surface area contributed by atoms with Crippen LogP contribution in [0, 0.1) is 0 Å². The Hall–Kier alpha value is -2.56. The van der Waals surface area contributed by atoms with Gasteiger partial charge in [0.25, 0.3) is 0 Å². The Morgan fingerprint density at radius 3 is 3.06 bits per heavy atom. The summed E-state index contributed by atoms with van der Waals surface area (Å²) in [6.45, 7) is 5.96. The topological polar surface area (TPSA) is 101 Å². The van der Waals surface area contributed by atoms with E-state index in [-0.39, 0.29) is 29.3 Å². The first-order valence-corrected chi connectivity index (χ1v) is 12.0. The summed E-state index contributed by atoms with van der Waals surface area (Å²) < 4.78 is 12.6. The van der Waals surface area contributed by atoms with Crippen molar-refractivity contribution in [3.05, 3.63) is 30.6 Å². The van der Waals surface area contributed by atoms with Crippen LogP contribution in [0.2, 0.25) is 0 Å². The van der Waals surface area contributed by atoms with Gasteiger partial charge < -0.3 is 24.8 Å². The summed E-state index contributed by atoms with van der Waals surface area (Å²) in [6.07, 6.45) is 3.92. The number of aliphatic hydroxyl groups excluding tert-OH is 1. The van der Waals surface area contributed by atoms with E-state index in [4.69, 9.17) is 14.5 Å². The number of piperidine rings is 1. The summed E-state index contributed by atoms with van der Waals surface area (Å²) >= 11 is 1.54. The van der Waals surface area contributed by atoms with Crippen LogP contribution in [0.1, 0.15) is 20.3 Å². The smallest absolute Gasteiger partial charge is 0.236 e. The molecule has 3 aliphatic rings. The summed E-state index contributed by atoms with van der Waals surface area (Å²) in [5.41, 5.74) is 2.64. The standard InChI is InChI=1S/C23H29N5O4S/c1-23(2)9-17-20(21(30)26-23)33-22(25-17)28-6-7-32-19-5-4-14(8-18(19)28)15-10-24-27(11-15)12-16(29)13-31-3/h4-5,8,10-11,16-17,20,29H,6-7,9,12-13H2,1-3H3,(H,26,30). The van der Waals surface area contributed by atoms with Crippen LogP contribution in [0.15, 0.2) is 35.6 Å². The molecule has 3 aliphatic heterocycles. The number of aliphatic hydroxyl groups is 1. The van der Waals surface area contributed by atoms with Crippen LogP contribution in [-0.2, 0) is 16.1 Å². The number of benzene rings is 1. The van der Waals surface area contributed by atoms with E-state index < -0.39 is 6.10 Å². The van der Waals surface area contributed by atoms with Crippen molar-refractivity contribution >= 4 is 28.5 Å². The molecule has 2 aromatic rings. The molecule has 9 nitrogen and oxygen atoms in total. The van der Waals surface area contributed by atoms with Gasteiger partial charge in [-0.1, -0.05) is 17.8 Å². The van der Waals surface area contributed by atoms with E-state index in [0.717, 1.165) is 34.2 Å². The van der Waals surface area contributed by atoms with Gasteiger partial charge in [0.2, 0.25) is 5.91 Å². The number of carbonyl (C=O) groups is 1. The Labute approximate surface area is 197 Å². The number of aromatic nitrogens is 2. The van der Waals surface area contributed by atoms with E-state index in [9.17, 15) is 9.90 Å². The van der Waals surface area contributed by atoms with Crippen LogP contribution >= 0.6 is 11.8 Å². The fourth-order valence-corrected chi connectivity index (χ4v) is 5.81. The molecule has 0 bridgehead atoms. The first-order valence-electron chi connectivity index (χ1n) is 11.1. The SMILES string of the molecule is COCC(O)Cn1cc(-c2ccc3c(c2)N(C2=NC4CC(C)(C)NC(=O)C4S2)CCO3)cn1. The van der Waals surface area contributed by atoms with Crippen LogP contribution in [0.3, 0.4) is 0 Å². The van der Waals surface area contributed by atoms with Crippen LogP contribution in [0.5, 0.6) is 5.75 Å². The molecule has 3 atom stereocenters. The molecule has 0 radical (unpaired) electrons. The quantitative estimate of drug-likeness (QED) is 0.687. The molecule has 176 valence electrons. The third kappa shape index (κ3) is 4.47. The Bertz CT molecular complexity index is 1080. The molecule has 1 amide bonds. The zero-order valence-electron chi connectivity index (χ0n) is 19.0. The van der Waals surface area contributed by atoms with Crippen molar-refractivity contribution in [1.29, 1.82) is 0 Å². The van der Waals surface area contributed by atoms with Gasteiger partial charge in [-0.05, 0) is 38.0 Å². The van der Waals surface area contributed by atoms with E-state index in [1.165, 1.54) is 0 Å². The Morgan fingerprint density at radius 1 is 1.39 bits per heavy atom. The minimum absolute atomic E-state index is 0.0139. The van der Waals surface area contributed by atoms with Crippen molar-refractivity contribution in [2.45, 2.75) is 49.7 Å². The highest BCUT2D eigenvalue weighted by atomic mass is 32.2. The maximum absolute atomic E-state index is 12.6. The van der Waals surface area contributed by atoms with Gasteiger partial charge in [0, 0.05) is 24.4 Å². The van der Waals surface area contributed by atoms with Crippen LogP contribution < -0.4 is 15.0 Å². The van der Waals surface area contributed by atoms with Crippen molar-refractivity contribution in [2.24, 2.45) is 4.99 Å². The van der Waals surface area contributed by atoms with Crippen molar-refractivity contribution in [3.63, 3.8) is 0 Å². The zero-order valence-corrected chi connectivity index (χ0v) is 19.8. The van der Waals surface area contributed by atoms with E-state index >= 15 is 0 Å². The molecule has 2 N–H and O–H groups in total. The molecule has 33 heavy (non-hydrogen) atoms. The second-order valence-electron chi connectivity index (χ2n) is 9.34. The van der Waals surface area contributed by atoms with Gasteiger partial charge in [-0.2, -0.15) is 5.10 Å². The van der Waals surface area contributed by atoms with Gasteiger partial charge in [0.1, 0.15) is 17.6 Å². The van der Waals surface area contributed by atoms with E-state index in [1.807, 2.05) is 32.2 Å². The van der Waals surface area contributed by atoms with Crippen molar-refractivity contribution in [3.8, 4) is 16.9 Å². The highest BCUT2D eigenvalue weighted by molar-refractivity contribution is 8.15. The molecule has 1 fully saturated rings. The lowest BCUT2D eigenvalue weighted by molar-refractivity contribution is -0.124. The number of hydrogen-bond acceptors (Lipinski definition) is 8. The van der Waals surface area contributed by atoms with Gasteiger partial charge in [0.15, 0.2) is 5.17 Å². The third-order valence-electron chi connectivity index (χ3n) is 6.07. The summed E-state index contributed by atoms with van der Waals surface area (Å²) in [6, 6.07) is 6.04. The summed E-state index contributed by atoms with van der Waals surface area (Å²) in [5, 5.41) is 18.2. The number of hydrogen-bond donors (Lipinski definition) is 2. The molecule has 0 spiro atoms. The first kappa shape index (κ1) is 22.2. The maximum Gasteiger partial charge on any atom is 0.236 e. The first-order chi connectivity index (χ1) is 15.8. The van der Waals surface area contributed by atoms with Crippen molar-refractivity contribution < 1.29 is 19.4 Å². The van der Waals surface area contributed by atoms with E-state index in [0.29, 0.717) is 19.7 Å². The third-order valence-corrected chi connectivity index (χ3v) is 7.39. The summed E-state index contributed by atoms with van der Waals surface area (Å²) in [7, 11) is 1.56. The second kappa shape index (κ2) is 8.66. The highest BCUT2D eigenvalue weighted by Crippen LogP contribution is 2.42. The lowest BCUT2D eigenvalue weighted by atomic mass is 9.89. The predicted molar refractivity (Wildman–Crippen MR) is 128 cm³/mol. The van der Waals surface area contributed by atoms with Crippen LogP contribution in [0.4, 0.5) is 5.69 Å². The lowest BCUT2D eigenvalue weighted by Crippen LogP contribution is -2.56. The average Bonchev–Trinajstić information content (AvgIpc) is 3.39. The minimum atomic E-state index is -0.613. The Morgan fingerprint density at radius 2 is 2.24 bits per heavy atom. The molecule has 0 aliphatic carbocycles. The van der Waals surface area contributed by atoms with E-state index in [1.54, 1.807) is 29.8 Å². The number of nitrogens with one attached hydrogen (secondary N) is 1. The van der Waals surface area contributed by atoms with E-state index in [2.05, 4.69) is 21.4 Å².